The van der Waals surface area contributed by atoms with Gasteiger partial charge in [0.15, 0.2) is 12.2 Å². The Kier molecular flexibility index (Phi) is 10.8. The van der Waals surface area contributed by atoms with E-state index in [-0.39, 0.29) is 0 Å². The molecule has 0 aromatic heterocycles. The first-order chi connectivity index (χ1) is 13.3. The fraction of sp³-hybridized carbons (Fsp3) is 0.765. The fourth-order valence-corrected chi connectivity index (χ4v) is 2.19. The zero-order valence-electron chi connectivity index (χ0n) is 17.3. The molecule has 0 spiro atoms. The Balaban J connectivity index is 5.81. The van der Waals surface area contributed by atoms with Crippen molar-refractivity contribution in [3.05, 3.63) is 4.91 Å². The summed E-state index contributed by atoms with van der Waals surface area (Å²) in [6, 6.07) is -1.32. The largest absolute Gasteiger partial charge is 0.463 e. The molecule has 0 aromatic rings. The molecule has 2 N–H and O–H groups in total. The van der Waals surface area contributed by atoms with E-state index in [0.29, 0.717) is 0 Å². The Labute approximate surface area is 168 Å². The van der Waals surface area contributed by atoms with Crippen LogP contribution in [0.15, 0.2) is 5.18 Å². The van der Waals surface area contributed by atoms with Gasteiger partial charge in [-0.25, -0.2) is 4.79 Å². The average Bonchev–Trinajstić information content (AvgIpc) is 2.53. The maximum absolute atomic E-state index is 12.1. The van der Waals surface area contributed by atoms with Gasteiger partial charge in [-0.3, -0.25) is 14.4 Å². The van der Waals surface area contributed by atoms with Crippen molar-refractivity contribution in [3.8, 4) is 0 Å². The van der Waals surface area contributed by atoms with Gasteiger partial charge < -0.3 is 29.4 Å². The summed E-state index contributed by atoms with van der Waals surface area (Å²) >= 11 is 0. The molecule has 166 valence electrons. The van der Waals surface area contributed by atoms with Gasteiger partial charge in [-0.15, -0.1) is 0 Å². The second-order valence-electron chi connectivity index (χ2n) is 7.08. The topological polar surface area (TPSA) is 167 Å². The third kappa shape index (κ3) is 11.6. The highest BCUT2D eigenvalue weighted by molar-refractivity contribution is 5.69. The molecule has 12 nitrogen and oxygen atoms in total. The molecule has 0 aromatic carbocycles. The summed E-state index contributed by atoms with van der Waals surface area (Å²) in [6.45, 7) is 6.78. The van der Waals surface area contributed by atoms with E-state index in [0.717, 1.165) is 20.8 Å². The van der Waals surface area contributed by atoms with Gasteiger partial charge in [-0.1, -0.05) is 5.18 Å². The molecule has 0 fully saturated rings. The maximum atomic E-state index is 12.1. The van der Waals surface area contributed by atoms with Crippen LogP contribution in [-0.2, 0) is 33.3 Å². The van der Waals surface area contributed by atoms with Gasteiger partial charge in [0.1, 0.15) is 24.9 Å². The van der Waals surface area contributed by atoms with Crippen molar-refractivity contribution in [1.82, 2.24) is 5.32 Å². The zero-order chi connectivity index (χ0) is 22.8. The number of hydrogen-bond donors (Lipinski definition) is 2. The van der Waals surface area contributed by atoms with Crippen LogP contribution in [0.2, 0.25) is 0 Å². The highest BCUT2D eigenvalue weighted by atomic mass is 16.6. The fourth-order valence-electron chi connectivity index (χ4n) is 2.19. The van der Waals surface area contributed by atoms with Crippen LogP contribution in [-0.4, -0.2) is 72.2 Å². The molecule has 0 radical (unpaired) electrons. The number of alkyl carbamates (subject to hydrolysis) is 1. The smallest absolute Gasteiger partial charge is 0.408 e. The van der Waals surface area contributed by atoms with E-state index in [9.17, 15) is 29.2 Å². The number of amides is 1. The van der Waals surface area contributed by atoms with E-state index in [4.69, 9.17) is 18.9 Å². The van der Waals surface area contributed by atoms with Crippen LogP contribution < -0.4 is 5.32 Å². The summed E-state index contributed by atoms with van der Waals surface area (Å²) in [5.41, 5.74) is -0.871. The lowest BCUT2D eigenvalue weighted by atomic mass is 10.0. The predicted molar refractivity (Wildman–Crippen MR) is 97.6 cm³/mol. The number of carbonyl (C=O) groups excluding carboxylic acids is 4. The minimum atomic E-state index is -1.64. The van der Waals surface area contributed by atoms with Crippen molar-refractivity contribution in [2.75, 3.05) is 13.2 Å². The number of aliphatic hydroxyl groups excluding tert-OH is 1. The van der Waals surface area contributed by atoms with E-state index in [1.165, 1.54) is 0 Å². The summed E-state index contributed by atoms with van der Waals surface area (Å²) in [5, 5.41) is 15.3. The Bertz CT molecular complexity index is 602. The SMILES string of the molecule is CC(=O)OCC(O)[C@@H](OC(C)=O)[C@H](OC(C)=O)C(CN=O)NC(=O)OC(C)(C)C. The van der Waals surface area contributed by atoms with Gasteiger partial charge in [0.25, 0.3) is 0 Å². The maximum Gasteiger partial charge on any atom is 0.408 e. The molecule has 0 saturated carbocycles. The van der Waals surface area contributed by atoms with Crippen LogP contribution in [0.1, 0.15) is 41.5 Å². The van der Waals surface area contributed by atoms with Crippen LogP contribution in [0.25, 0.3) is 0 Å². The number of ether oxygens (including phenoxy) is 4. The Morgan fingerprint density at radius 1 is 0.966 bits per heavy atom. The summed E-state index contributed by atoms with van der Waals surface area (Å²) in [4.78, 5) is 57.1. The van der Waals surface area contributed by atoms with Gasteiger partial charge in [0, 0.05) is 20.8 Å². The monoisotopic (exact) mass is 420 g/mol. The molecule has 0 rings (SSSR count). The average molecular weight is 420 g/mol. The highest BCUT2D eigenvalue weighted by Crippen LogP contribution is 2.17. The minimum Gasteiger partial charge on any atom is -0.463 e. The van der Waals surface area contributed by atoms with Crippen molar-refractivity contribution in [1.29, 1.82) is 0 Å². The van der Waals surface area contributed by atoms with Crippen molar-refractivity contribution in [2.24, 2.45) is 5.18 Å². The van der Waals surface area contributed by atoms with Gasteiger partial charge in [-0.2, -0.15) is 4.91 Å². The second-order valence-corrected chi connectivity index (χ2v) is 7.08. The summed E-state index contributed by atoms with van der Waals surface area (Å²) in [6.07, 6.45) is -5.72. The molecule has 0 aliphatic rings. The van der Waals surface area contributed by atoms with Crippen molar-refractivity contribution >= 4 is 24.0 Å². The van der Waals surface area contributed by atoms with Crippen LogP contribution in [0.3, 0.4) is 0 Å². The molecule has 1 amide bonds. The summed E-state index contributed by atoms with van der Waals surface area (Å²) in [7, 11) is 0. The molecular weight excluding hydrogens is 392 g/mol. The van der Waals surface area contributed by atoms with E-state index >= 15 is 0 Å². The number of nitrogens with one attached hydrogen (secondary N) is 1. The van der Waals surface area contributed by atoms with Gasteiger partial charge in [0.05, 0.1) is 6.04 Å². The molecule has 2 unspecified atom stereocenters. The Morgan fingerprint density at radius 2 is 1.48 bits per heavy atom. The van der Waals surface area contributed by atoms with Gasteiger partial charge in [-0.05, 0) is 20.8 Å². The molecule has 0 saturated heterocycles. The number of hydrogen-bond acceptors (Lipinski definition) is 11. The van der Waals surface area contributed by atoms with E-state index in [1.54, 1.807) is 20.8 Å². The van der Waals surface area contributed by atoms with Crippen LogP contribution in [0.4, 0.5) is 4.79 Å². The summed E-state index contributed by atoms with van der Waals surface area (Å²) < 4.78 is 19.9. The molecule has 12 heteroatoms. The van der Waals surface area contributed by atoms with Crippen molar-refractivity contribution < 1.29 is 43.2 Å². The first-order valence-corrected chi connectivity index (χ1v) is 8.71. The van der Waals surface area contributed by atoms with Crippen molar-refractivity contribution in [2.45, 2.75) is 71.5 Å². The lowest BCUT2D eigenvalue weighted by Crippen LogP contribution is -2.57. The predicted octanol–water partition coefficient (Wildman–Crippen LogP) is 0.433. The number of esters is 3. The van der Waals surface area contributed by atoms with Gasteiger partial charge in [0.2, 0.25) is 0 Å². The van der Waals surface area contributed by atoms with Crippen LogP contribution in [0.5, 0.6) is 0 Å². The Morgan fingerprint density at radius 3 is 1.90 bits per heavy atom. The lowest BCUT2D eigenvalue weighted by molar-refractivity contribution is -0.182. The first-order valence-electron chi connectivity index (χ1n) is 8.71. The Hall–Kier alpha value is -2.76. The molecule has 0 heterocycles. The normalized spacial score (nSPS) is 15.1. The number of rotatable bonds is 10. The zero-order valence-corrected chi connectivity index (χ0v) is 17.3. The lowest BCUT2D eigenvalue weighted by Gasteiger charge is -2.34. The number of aliphatic hydroxyl groups is 1. The minimum absolute atomic E-state index is 0.598. The molecule has 0 aliphatic carbocycles. The molecule has 0 bridgehead atoms. The molecule has 29 heavy (non-hydrogen) atoms. The summed E-state index contributed by atoms with van der Waals surface area (Å²) in [5.74, 6) is -2.43. The molecule has 0 aliphatic heterocycles. The second kappa shape index (κ2) is 11.9. The van der Waals surface area contributed by atoms with Crippen LogP contribution in [0, 0.1) is 4.91 Å². The van der Waals surface area contributed by atoms with Crippen LogP contribution >= 0.6 is 0 Å². The van der Waals surface area contributed by atoms with E-state index < -0.39 is 67.1 Å². The van der Waals surface area contributed by atoms with E-state index in [2.05, 4.69) is 10.5 Å². The van der Waals surface area contributed by atoms with Gasteiger partial charge >= 0.3 is 24.0 Å². The first kappa shape index (κ1) is 26.2. The standard InChI is InChI=1S/C17H28N2O10/c1-9(20)26-8-13(23)15(28-11(3)22)14(27-10(2)21)12(7-18-25)19-16(24)29-17(4,5)6/h12-15,23H,7-8H2,1-6H3,(H,19,24)/t12?,13?,14-,15-/m1/s1. The quantitative estimate of drug-likeness (QED) is 0.287. The highest BCUT2D eigenvalue weighted by Gasteiger charge is 2.41. The third-order valence-electron chi connectivity index (χ3n) is 3.13. The molecule has 4 atom stereocenters. The van der Waals surface area contributed by atoms with Crippen molar-refractivity contribution in [3.63, 3.8) is 0 Å². The molecular formula is C17H28N2O10. The number of nitrogens with zero attached hydrogens (tertiary/aromatic N) is 1. The number of carbonyl (C=O) groups is 4. The third-order valence-corrected chi connectivity index (χ3v) is 3.13. The van der Waals surface area contributed by atoms with E-state index in [1.807, 2.05) is 0 Å². The number of nitroso groups, excluding NO2 is 1.